The predicted molar refractivity (Wildman–Crippen MR) is 96.1 cm³/mol. The van der Waals surface area contributed by atoms with Gasteiger partial charge in [0.25, 0.3) is 5.91 Å². The minimum absolute atomic E-state index is 0.214. The maximum Gasteiger partial charge on any atom is 0.269 e. The molecular formula is C19H22FN3O2. The first-order chi connectivity index (χ1) is 12.0. The molecule has 0 radical (unpaired) electrons. The third-order valence-corrected chi connectivity index (χ3v) is 4.39. The number of nitrogens with zero attached hydrogens (tertiary/aromatic N) is 1. The van der Waals surface area contributed by atoms with Crippen LogP contribution in [0.3, 0.4) is 0 Å². The normalized spacial score (nSPS) is 15.1. The molecule has 0 atom stereocenters. The van der Waals surface area contributed by atoms with Crippen molar-refractivity contribution in [2.75, 3.05) is 23.4 Å². The van der Waals surface area contributed by atoms with E-state index in [0.717, 1.165) is 37.2 Å². The molecule has 0 aliphatic carbocycles. The maximum absolute atomic E-state index is 13.7. The number of halogens is 1. The highest BCUT2D eigenvalue weighted by atomic mass is 19.1. The number of piperidine rings is 1. The van der Waals surface area contributed by atoms with Crippen LogP contribution in [0.2, 0.25) is 0 Å². The summed E-state index contributed by atoms with van der Waals surface area (Å²) in [6, 6.07) is 11.9. The van der Waals surface area contributed by atoms with Crippen molar-refractivity contribution in [3.8, 4) is 0 Å². The number of hydrogen-bond donors (Lipinski definition) is 3. The smallest absolute Gasteiger partial charge is 0.269 e. The van der Waals surface area contributed by atoms with Crippen molar-refractivity contribution in [1.82, 2.24) is 5.43 Å². The van der Waals surface area contributed by atoms with Crippen molar-refractivity contribution in [3.05, 3.63) is 59.4 Å². The molecule has 0 saturated carbocycles. The summed E-state index contributed by atoms with van der Waals surface area (Å²) < 4.78 is 13.7. The quantitative estimate of drug-likeness (QED) is 0.747. The van der Waals surface area contributed by atoms with Gasteiger partial charge in [0.2, 0.25) is 0 Å². The van der Waals surface area contributed by atoms with Crippen molar-refractivity contribution in [2.45, 2.75) is 25.9 Å². The topological polar surface area (TPSA) is 64.6 Å². The molecule has 3 N–H and O–H groups in total. The Balaban J connectivity index is 1.60. The standard InChI is InChI=1S/C19H22FN3O2/c1-13-2-7-17(20)18(12-13)21-22-19(25)14-3-5-15(6-4-14)23-10-8-16(24)9-11-23/h2-7,12,16,21,24H,8-11H2,1H3,(H,22,25). The summed E-state index contributed by atoms with van der Waals surface area (Å²) >= 11 is 0. The number of benzene rings is 2. The summed E-state index contributed by atoms with van der Waals surface area (Å²) in [7, 11) is 0. The Labute approximate surface area is 146 Å². The molecule has 25 heavy (non-hydrogen) atoms. The van der Waals surface area contributed by atoms with E-state index in [1.165, 1.54) is 6.07 Å². The summed E-state index contributed by atoms with van der Waals surface area (Å²) in [4.78, 5) is 14.4. The van der Waals surface area contributed by atoms with Crippen molar-refractivity contribution in [1.29, 1.82) is 0 Å². The van der Waals surface area contributed by atoms with Gasteiger partial charge in [-0.1, -0.05) is 6.07 Å². The number of carbonyl (C=O) groups excluding carboxylic acids is 1. The van der Waals surface area contributed by atoms with Gasteiger partial charge in [0.15, 0.2) is 0 Å². The van der Waals surface area contributed by atoms with E-state index in [4.69, 9.17) is 0 Å². The number of carbonyl (C=O) groups is 1. The second-order valence-corrected chi connectivity index (χ2v) is 6.33. The average molecular weight is 343 g/mol. The van der Waals surface area contributed by atoms with Crippen LogP contribution in [0.1, 0.15) is 28.8 Å². The first-order valence-corrected chi connectivity index (χ1v) is 8.38. The fourth-order valence-corrected chi connectivity index (χ4v) is 2.88. The Morgan fingerprint density at radius 3 is 2.52 bits per heavy atom. The van der Waals surface area contributed by atoms with Crippen LogP contribution in [0.4, 0.5) is 15.8 Å². The second kappa shape index (κ2) is 7.53. The number of aliphatic hydroxyl groups is 1. The van der Waals surface area contributed by atoms with Crippen molar-refractivity contribution in [3.63, 3.8) is 0 Å². The SMILES string of the molecule is Cc1ccc(F)c(NNC(=O)c2ccc(N3CCC(O)CC3)cc2)c1. The van der Waals surface area contributed by atoms with Gasteiger partial charge in [0.05, 0.1) is 11.8 Å². The number of aryl methyl sites for hydroxylation is 1. The molecule has 2 aromatic rings. The van der Waals surface area contributed by atoms with Crippen LogP contribution in [0.15, 0.2) is 42.5 Å². The van der Waals surface area contributed by atoms with Crippen LogP contribution in [0.25, 0.3) is 0 Å². The molecule has 1 amide bonds. The lowest BCUT2D eigenvalue weighted by Gasteiger charge is -2.31. The molecular weight excluding hydrogens is 321 g/mol. The lowest BCUT2D eigenvalue weighted by Crippen LogP contribution is -2.35. The van der Waals surface area contributed by atoms with Crippen LogP contribution in [0, 0.1) is 12.7 Å². The lowest BCUT2D eigenvalue weighted by molar-refractivity contribution is 0.0962. The summed E-state index contributed by atoms with van der Waals surface area (Å²) in [5.41, 5.74) is 7.78. The number of hydrazine groups is 1. The van der Waals surface area contributed by atoms with Crippen LogP contribution >= 0.6 is 0 Å². The van der Waals surface area contributed by atoms with E-state index in [-0.39, 0.29) is 17.7 Å². The van der Waals surface area contributed by atoms with E-state index in [1.54, 1.807) is 24.3 Å². The summed E-state index contributed by atoms with van der Waals surface area (Å²) in [5, 5.41) is 9.57. The molecule has 5 nitrogen and oxygen atoms in total. The third kappa shape index (κ3) is 4.28. The molecule has 1 aliphatic rings. The maximum atomic E-state index is 13.7. The van der Waals surface area contributed by atoms with Gasteiger partial charge in [-0.3, -0.25) is 15.6 Å². The number of hydrogen-bond acceptors (Lipinski definition) is 4. The van der Waals surface area contributed by atoms with Crippen LogP contribution in [-0.2, 0) is 0 Å². The molecule has 0 unspecified atom stereocenters. The van der Waals surface area contributed by atoms with E-state index in [0.29, 0.717) is 5.56 Å². The van der Waals surface area contributed by atoms with Crippen LogP contribution in [0.5, 0.6) is 0 Å². The minimum Gasteiger partial charge on any atom is -0.393 e. The van der Waals surface area contributed by atoms with Gasteiger partial charge in [-0.05, 0) is 61.7 Å². The summed E-state index contributed by atoms with van der Waals surface area (Å²) in [6.07, 6.45) is 1.30. The molecule has 0 aromatic heterocycles. The van der Waals surface area contributed by atoms with Crippen molar-refractivity contribution < 1.29 is 14.3 Å². The average Bonchev–Trinajstić information content (AvgIpc) is 2.63. The largest absolute Gasteiger partial charge is 0.393 e. The molecule has 1 fully saturated rings. The Hall–Kier alpha value is -2.60. The highest BCUT2D eigenvalue weighted by molar-refractivity contribution is 5.95. The highest BCUT2D eigenvalue weighted by Crippen LogP contribution is 2.20. The number of amides is 1. The van der Waals surface area contributed by atoms with Gasteiger partial charge >= 0.3 is 0 Å². The van der Waals surface area contributed by atoms with E-state index < -0.39 is 5.82 Å². The van der Waals surface area contributed by atoms with Gasteiger partial charge in [0.1, 0.15) is 5.82 Å². The van der Waals surface area contributed by atoms with Gasteiger partial charge in [0, 0.05) is 24.3 Å². The van der Waals surface area contributed by atoms with E-state index in [2.05, 4.69) is 15.8 Å². The molecule has 0 bridgehead atoms. The first-order valence-electron chi connectivity index (χ1n) is 8.38. The molecule has 2 aromatic carbocycles. The Kier molecular flexibility index (Phi) is 5.19. The van der Waals surface area contributed by atoms with Gasteiger partial charge in [-0.25, -0.2) is 4.39 Å². The monoisotopic (exact) mass is 343 g/mol. The predicted octanol–water partition coefficient (Wildman–Crippen LogP) is 2.85. The summed E-state index contributed by atoms with van der Waals surface area (Å²) in [6.45, 7) is 3.46. The van der Waals surface area contributed by atoms with E-state index >= 15 is 0 Å². The van der Waals surface area contributed by atoms with Crippen LogP contribution in [-0.4, -0.2) is 30.2 Å². The molecule has 1 heterocycles. The van der Waals surface area contributed by atoms with E-state index in [1.807, 2.05) is 19.1 Å². The molecule has 6 heteroatoms. The van der Waals surface area contributed by atoms with Crippen molar-refractivity contribution >= 4 is 17.3 Å². The zero-order valence-corrected chi connectivity index (χ0v) is 14.1. The minimum atomic E-state index is -0.423. The first kappa shape index (κ1) is 17.2. The highest BCUT2D eigenvalue weighted by Gasteiger charge is 2.17. The molecule has 1 saturated heterocycles. The Morgan fingerprint density at radius 1 is 1.16 bits per heavy atom. The number of nitrogens with one attached hydrogen (secondary N) is 2. The third-order valence-electron chi connectivity index (χ3n) is 4.39. The Morgan fingerprint density at radius 2 is 1.84 bits per heavy atom. The van der Waals surface area contributed by atoms with Gasteiger partial charge in [-0.2, -0.15) is 0 Å². The van der Waals surface area contributed by atoms with Gasteiger partial charge in [-0.15, -0.1) is 0 Å². The van der Waals surface area contributed by atoms with Crippen LogP contribution < -0.4 is 15.8 Å². The number of rotatable bonds is 4. The molecule has 132 valence electrons. The fourth-order valence-electron chi connectivity index (χ4n) is 2.88. The zero-order chi connectivity index (χ0) is 17.8. The van der Waals surface area contributed by atoms with E-state index in [9.17, 15) is 14.3 Å². The number of aliphatic hydroxyl groups excluding tert-OH is 1. The molecule has 3 rings (SSSR count). The fraction of sp³-hybridized carbons (Fsp3) is 0.316. The molecule has 0 spiro atoms. The lowest BCUT2D eigenvalue weighted by atomic mass is 10.1. The Bertz CT molecular complexity index is 741. The molecule has 1 aliphatic heterocycles. The van der Waals surface area contributed by atoms with Gasteiger partial charge < -0.3 is 10.0 Å². The zero-order valence-electron chi connectivity index (χ0n) is 14.1. The van der Waals surface area contributed by atoms with Crippen molar-refractivity contribution in [2.24, 2.45) is 0 Å². The summed E-state index contributed by atoms with van der Waals surface area (Å²) in [5.74, 6) is -0.755. The second-order valence-electron chi connectivity index (χ2n) is 6.33. The number of anilines is 2.